The molecule has 1 N–H and O–H groups in total. The Hall–Kier alpha value is -0.560. The van der Waals surface area contributed by atoms with Crippen molar-refractivity contribution in [3.05, 3.63) is 22.3 Å². The number of aliphatic hydroxyl groups is 1. The van der Waals surface area contributed by atoms with E-state index in [0.717, 1.165) is 0 Å². The zero-order chi connectivity index (χ0) is 11.3. The van der Waals surface area contributed by atoms with Gasteiger partial charge in [0.2, 0.25) is 0 Å². The smallest absolute Gasteiger partial charge is 0.0719 e. The van der Waals surface area contributed by atoms with Gasteiger partial charge >= 0.3 is 0 Å². The van der Waals surface area contributed by atoms with Gasteiger partial charge < -0.3 is 5.11 Å². The Bertz CT molecular complexity index is 300. The van der Waals surface area contributed by atoms with Gasteiger partial charge in [0.15, 0.2) is 0 Å². The van der Waals surface area contributed by atoms with Crippen LogP contribution in [0.5, 0.6) is 0 Å². The average molecular weight is 194 g/mol. The van der Waals surface area contributed by atoms with Crippen LogP contribution >= 0.6 is 0 Å². The second-order valence-corrected chi connectivity index (χ2v) is 5.18. The molecule has 0 bridgehead atoms. The van der Waals surface area contributed by atoms with Crippen LogP contribution < -0.4 is 0 Å². The lowest BCUT2D eigenvalue weighted by atomic mass is 9.68. The molecule has 1 rings (SSSR count). The van der Waals surface area contributed by atoms with Crippen LogP contribution in [0.4, 0.5) is 0 Å². The molecule has 0 saturated heterocycles. The summed E-state index contributed by atoms with van der Waals surface area (Å²) >= 11 is 0. The van der Waals surface area contributed by atoms with Crippen LogP contribution in [0.2, 0.25) is 0 Å². The first-order chi connectivity index (χ1) is 6.14. The van der Waals surface area contributed by atoms with E-state index in [1.54, 1.807) is 0 Å². The van der Waals surface area contributed by atoms with E-state index in [4.69, 9.17) is 0 Å². The van der Waals surface area contributed by atoms with Crippen molar-refractivity contribution in [2.75, 3.05) is 0 Å². The Balaban J connectivity index is 3.42. The molecule has 1 heteroatoms. The van der Waals surface area contributed by atoms with Crippen LogP contribution in [-0.4, -0.2) is 10.7 Å². The molecule has 0 aromatic heterocycles. The first kappa shape index (κ1) is 11.5. The van der Waals surface area contributed by atoms with Crippen molar-refractivity contribution in [2.24, 2.45) is 5.41 Å². The molecule has 80 valence electrons. The Labute approximate surface area is 87.5 Å². The standard InChI is InChI=1S/C13H22O/c1-8-9(2)11(4)13(7,10(8)3)12(5,6)14/h14H,1-7H3. The van der Waals surface area contributed by atoms with Crippen LogP contribution in [0.1, 0.15) is 48.5 Å². The monoisotopic (exact) mass is 194 g/mol. The maximum absolute atomic E-state index is 10.3. The molecular weight excluding hydrogens is 172 g/mol. The minimum Gasteiger partial charge on any atom is -0.389 e. The summed E-state index contributed by atoms with van der Waals surface area (Å²) in [5.41, 5.74) is 4.40. The van der Waals surface area contributed by atoms with Gasteiger partial charge in [0.05, 0.1) is 5.60 Å². The quantitative estimate of drug-likeness (QED) is 0.678. The molecule has 0 spiro atoms. The molecule has 0 atom stereocenters. The summed E-state index contributed by atoms with van der Waals surface area (Å²) in [6.07, 6.45) is 0. The summed E-state index contributed by atoms with van der Waals surface area (Å²) in [4.78, 5) is 0. The van der Waals surface area contributed by atoms with Gasteiger partial charge in [-0.15, -0.1) is 0 Å². The van der Waals surface area contributed by atoms with Gasteiger partial charge in [-0.1, -0.05) is 11.1 Å². The number of rotatable bonds is 1. The molecule has 1 nitrogen and oxygen atoms in total. The lowest BCUT2D eigenvalue weighted by Gasteiger charge is -2.40. The molecule has 0 radical (unpaired) electrons. The van der Waals surface area contributed by atoms with Crippen LogP contribution in [0.25, 0.3) is 0 Å². The van der Waals surface area contributed by atoms with E-state index < -0.39 is 5.60 Å². The van der Waals surface area contributed by atoms with E-state index in [0.29, 0.717) is 0 Å². The first-order valence-electron chi connectivity index (χ1n) is 5.22. The summed E-state index contributed by atoms with van der Waals surface area (Å²) in [6, 6.07) is 0. The third kappa shape index (κ3) is 1.18. The molecule has 0 amide bonds. The molecule has 0 saturated carbocycles. The Morgan fingerprint density at radius 2 is 1.21 bits per heavy atom. The van der Waals surface area contributed by atoms with Gasteiger partial charge in [-0.05, 0) is 59.6 Å². The van der Waals surface area contributed by atoms with E-state index in [9.17, 15) is 5.11 Å². The van der Waals surface area contributed by atoms with Crippen LogP contribution in [0.3, 0.4) is 0 Å². The number of hydrogen-bond donors (Lipinski definition) is 1. The van der Waals surface area contributed by atoms with Crippen molar-refractivity contribution in [3.63, 3.8) is 0 Å². The van der Waals surface area contributed by atoms with Crippen molar-refractivity contribution in [1.82, 2.24) is 0 Å². The summed E-state index contributed by atoms with van der Waals surface area (Å²) in [7, 11) is 0. The topological polar surface area (TPSA) is 20.2 Å². The van der Waals surface area contributed by atoms with Gasteiger partial charge in [0.1, 0.15) is 0 Å². The van der Waals surface area contributed by atoms with Gasteiger partial charge in [-0.25, -0.2) is 0 Å². The molecular formula is C13H22O. The summed E-state index contributed by atoms with van der Waals surface area (Å²) in [5.74, 6) is 0. The van der Waals surface area contributed by atoms with Gasteiger partial charge in [-0.3, -0.25) is 0 Å². The minimum atomic E-state index is -0.694. The fraction of sp³-hybridized carbons (Fsp3) is 0.692. The van der Waals surface area contributed by atoms with E-state index in [-0.39, 0.29) is 5.41 Å². The normalized spacial score (nSPS) is 22.3. The predicted molar refractivity (Wildman–Crippen MR) is 61.2 cm³/mol. The minimum absolute atomic E-state index is 0.193. The van der Waals surface area contributed by atoms with E-state index in [1.807, 2.05) is 13.8 Å². The summed E-state index contributed by atoms with van der Waals surface area (Å²) in [6.45, 7) is 14.5. The highest BCUT2D eigenvalue weighted by Crippen LogP contribution is 2.52. The zero-order valence-corrected chi connectivity index (χ0v) is 10.4. The average Bonchev–Trinajstić information content (AvgIpc) is 2.21. The van der Waals surface area contributed by atoms with Gasteiger partial charge in [0.25, 0.3) is 0 Å². The molecule has 1 aliphatic carbocycles. The highest BCUT2D eigenvalue weighted by Gasteiger charge is 2.46. The van der Waals surface area contributed by atoms with Gasteiger partial charge in [-0.2, -0.15) is 0 Å². The molecule has 0 aromatic carbocycles. The molecule has 14 heavy (non-hydrogen) atoms. The molecule has 0 unspecified atom stereocenters. The molecule has 1 aliphatic rings. The van der Waals surface area contributed by atoms with Crippen molar-refractivity contribution >= 4 is 0 Å². The maximum atomic E-state index is 10.3. The Morgan fingerprint density at radius 1 is 0.929 bits per heavy atom. The Morgan fingerprint density at radius 3 is 1.36 bits per heavy atom. The second kappa shape index (κ2) is 2.96. The molecule has 0 aliphatic heterocycles. The van der Waals surface area contributed by atoms with E-state index >= 15 is 0 Å². The maximum Gasteiger partial charge on any atom is 0.0719 e. The SMILES string of the molecule is CC1=C(C)C(C)(C(C)(C)O)C(C)=C1C. The van der Waals surface area contributed by atoms with Crippen LogP contribution in [-0.2, 0) is 0 Å². The van der Waals surface area contributed by atoms with E-state index in [2.05, 4.69) is 34.6 Å². The third-order valence-electron chi connectivity index (χ3n) is 4.41. The highest BCUT2D eigenvalue weighted by atomic mass is 16.3. The van der Waals surface area contributed by atoms with Crippen molar-refractivity contribution < 1.29 is 5.11 Å². The van der Waals surface area contributed by atoms with Crippen molar-refractivity contribution in [1.29, 1.82) is 0 Å². The van der Waals surface area contributed by atoms with Crippen molar-refractivity contribution in [2.45, 2.75) is 54.1 Å². The fourth-order valence-corrected chi connectivity index (χ4v) is 2.51. The lowest BCUT2D eigenvalue weighted by Crippen LogP contribution is -2.42. The predicted octanol–water partition coefficient (Wildman–Crippen LogP) is 3.45. The van der Waals surface area contributed by atoms with Crippen molar-refractivity contribution in [3.8, 4) is 0 Å². The third-order valence-corrected chi connectivity index (χ3v) is 4.41. The number of allylic oxidation sites excluding steroid dienone is 2. The molecule has 0 heterocycles. The fourth-order valence-electron chi connectivity index (χ4n) is 2.51. The first-order valence-corrected chi connectivity index (χ1v) is 5.22. The Kier molecular flexibility index (Phi) is 2.44. The number of hydrogen-bond acceptors (Lipinski definition) is 1. The summed E-state index contributed by atoms with van der Waals surface area (Å²) in [5, 5.41) is 10.3. The van der Waals surface area contributed by atoms with E-state index in [1.165, 1.54) is 22.3 Å². The van der Waals surface area contributed by atoms with Gasteiger partial charge in [0, 0.05) is 5.41 Å². The molecule has 0 aromatic rings. The van der Waals surface area contributed by atoms with Crippen LogP contribution in [0.15, 0.2) is 22.3 Å². The zero-order valence-electron chi connectivity index (χ0n) is 10.4. The largest absolute Gasteiger partial charge is 0.389 e. The highest BCUT2D eigenvalue weighted by molar-refractivity contribution is 5.51. The lowest BCUT2D eigenvalue weighted by molar-refractivity contribution is -0.00278. The second-order valence-electron chi connectivity index (χ2n) is 5.18. The van der Waals surface area contributed by atoms with Crippen LogP contribution in [0, 0.1) is 5.41 Å². The molecule has 0 fully saturated rings. The summed E-state index contributed by atoms with van der Waals surface area (Å²) < 4.78 is 0.